The largest absolute Gasteiger partial charge is 0.463 e. The van der Waals surface area contributed by atoms with Crippen molar-refractivity contribution in [1.29, 1.82) is 0 Å². The minimum atomic E-state index is -0.260. The van der Waals surface area contributed by atoms with Crippen molar-refractivity contribution in [1.82, 2.24) is 14.9 Å². The van der Waals surface area contributed by atoms with Crippen molar-refractivity contribution in [3.8, 4) is 0 Å². The number of pyridine rings is 1. The first kappa shape index (κ1) is 18.8. The molecule has 4 aromatic rings. The molecular weight excluding hydrogens is 388 g/mol. The summed E-state index contributed by atoms with van der Waals surface area (Å²) in [5.41, 5.74) is 2.51. The predicted octanol–water partition coefficient (Wildman–Crippen LogP) is 3.83. The number of thiazole rings is 1. The van der Waals surface area contributed by atoms with Crippen LogP contribution in [-0.4, -0.2) is 40.8 Å². The van der Waals surface area contributed by atoms with Crippen LogP contribution in [0.5, 0.6) is 0 Å². The molecule has 0 bridgehead atoms. The summed E-state index contributed by atoms with van der Waals surface area (Å²) >= 11 is 1.40. The van der Waals surface area contributed by atoms with E-state index in [1.54, 1.807) is 32.6 Å². The Morgan fingerprint density at radius 1 is 1.10 bits per heavy atom. The Labute approximate surface area is 171 Å². The highest BCUT2D eigenvalue weighted by atomic mass is 32.1. The van der Waals surface area contributed by atoms with Gasteiger partial charge in [-0.15, -0.1) is 11.3 Å². The van der Waals surface area contributed by atoms with Gasteiger partial charge in [0.15, 0.2) is 5.13 Å². The highest BCUT2D eigenvalue weighted by Gasteiger charge is 2.15. The molecule has 0 saturated carbocycles. The molecule has 1 N–H and O–H groups in total. The number of benzene rings is 1. The van der Waals surface area contributed by atoms with Crippen LogP contribution in [-0.2, 0) is 6.42 Å². The van der Waals surface area contributed by atoms with Gasteiger partial charge < -0.3 is 9.32 Å². The SMILES string of the molecule is CN(C)C(=O)c1ccc(Cc2cnc(NC(=O)c3coc4ccccc34)s2)cn1. The van der Waals surface area contributed by atoms with Gasteiger partial charge >= 0.3 is 0 Å². The number of hydrogen-bond acceptors (Lipinski definition) is 6. The van der Waals surface area contributed by atoms with Crippen LogP contribution in [0, 0.1) is 0 Å². The van der Waals surface area contributed by atoms with E-state index in [1.165, 1.54) is 22.5 Å². The molecule has 0 atom stereocenters. The topological polar surface area (TPSA) is 88.3 Å². The molecule has 146 valence electrons. The number of nitrogens with zero attached hydrogens (tertiary/aromatic N) is 3. The smallest absolute Gasteiger partial charge is 0.271 e. The molecule has 1 aromatic carbocycles. The summed E-state index contributed by atoms with van der Waals surface area (Å²) in [6.07, 6.45) is 5.49. The second-order valence-electron chi connectivity index (χ2n) is 6.66. The van der Waals surface area contributed by atoms with Crippen LogP contribution in [0.2, 0.25) is 0 Å². The molecule has 4 rings (SSSR count). The zero-order valence-electron chi connectivity index (χ0n) is 15.9. The van der Waals surface area contributed by atoms with Crippen LogP contribution in [0.15, 0.2) is 59.5 Å². The van der Waals surface area contributed by atoms with Crippen molar-refractivity contribution < 1.29 is 14.0 Å². The number of aromatic nitrogens is 2. The van der Waals surface area contributed by atoms with Crippen molar-refractivity contribution in [2.45, 2.75) is 6.42 Å². The van der Waals surface area contributed by atoms with E-state index in [1.807, 2.05) is 30.3 Å². The lowest BCUT2D eigenvalue weighted by atomic mass is 10.2. The van der Waals surface area contributed by atoms with Gasteiger partial charge in [-0.1, -0.05) is 24.3 Å². The van der Waals surface area contributed by atoms with Crippen molar-refractivity contribution in [3.63, 3.8) is 0 Å². The summed E-state index contributed by atoms with van der Waals surface area (Å²) in [6.45, 7) is 0. The lowest BCUT2D eigenvalue weighted by Crippen LogP contribution is -2.22. The molecule has 0 aliphatic carbocycles. The number of rotatable bonds is 5. The van der Waals surface area contributed by atoms with E-state index in [2.05, 4.69) is 15.3 Å². The van der Waals surface area contributed by atoms with E-state index < -0.39 is 0 Å². The molecule has 0 radical (unpaired) electrons. The lowest BCUT2D eigenvalue weighted by molar-refractivity contribution is 0.0821. The number of furan rings is 1. The van der Waals surface area contributed by atoms with Crippen molar-refractivity contribution in [2.24, 2.45) is 0 Å². The fourth-order valence-corrected chi connectivity index (χ4v) is 3.69. The molecule has 0 fully saturated rings. The number of anilines is 1. The molecule has 0 aliphatic heterocycles. The lowest BCUT2D eigenvalue weighted by Gasteiger charge is -2.09. The Morgan fingerprint density at radius 2 is 1.93 bits per heavy atom. The maximum Gasteiger partial charge on any atom is 0.271 e. The summed E-state index contributed by atoms with van der Waals surface area (Å²) < 4.78 is 5.42. The van der Waals surface area contributed by atoms with Crippen LogP contribution in [0.25, 0.3) is 11.0 Å². The van der Waals surface area contributed by atoms with Gasteiger partial charge in [-0.05, 0) is 17.7 Å². The minimum absolute atomic E-state index is 0.133. The number of fused-ring (bicyclic) bond motifs is 1. The molecule has 0 aliphatic rings. The maximum absolute atomic E-state index is 12.6. The number of nitrogens with one attached hydrogen (secondary N) is 1. The Balaban J connectivity index is 1.43. The Kier molecular flexibility index (Phi) is 5.09. The van der Waals surface area contributed by atoms with Gasteiger partial charge in [-0.2, -0.15) is 0 Å². The fourth-order valence-electron chi connectivity index (χ4n) is 2.85. The van der Waals surface area contributed by atoms with E-state index in [0.29, 0.717) is 28.4 Å². The number of carbonyl (C=O) groups excluding carboxylic acids is 2. The molecule has 0 unspecified atom stereocenters. The van der Waals surface area contributed by atoms with Crippen molar-refractivity contribution in [3.05, 3.63) is 76.8 Å². The van der Waals surface area contributed by atoms with Crippen LogP contribution in [0.4, 0.5) is 5.13 Å². The van der Waals surface area contributed by atoms with Crippen LogP contribution in [0.1, 0.15) is 31.3 Å². The summed E-state index contributed by atoms with van der Waals surface area (Å²) in [7, 11) is 3.38. The maximum atomic E-state index is 12.6. The van der Waals surface area contributed by atoms with Gasteiger partial charge in [0.25, 0.3) is 11.8 Å². The number of hydrogen-bond donors (Lipinski definition) is 1. The quantitative estimate of drug-likeness (QED) is 0.544. The molecule has 3 aromatic heterocycles. The zero-order chi connectivity index (χ0) is 20.4. The average Bonchev–Trinajstić information content (AvgIpc) is 3.34. The molecule has 29 heavy (non-hydrogen) atoms. The van der Waals surface area contributed by atoms with Crippen LogP contribution < -0.4 is 5.32 Å². The fraction of sp³-hybridized carbons (Fsp3) is 0.143. The molecular formula is C21H18N4O3S. The average molecular weight is 406 g/mol. The highest BCUT2D eigenvalue weighted by Crippen LogP contribution is 2.24. The van der Waals surface area contributed by atoms with Gasteiger partial charge in [0.1, 0.15) is 17.5 Å². The Morgan fingerprint density at radius 3 is 2.69 bits per heavy atom. The molecule has 7 nitrogen and oxygen atoms in total. The summed E-state index contributed by atoms with van der Waals surface area (Å²) in [5.74, 6) is -0.393. The first-order chi connectivity index (χ1) is 14.0. The molecule has 3 heterocycles. The zero-order valence-corrected chi connectivity index (χ0v) is 16.7. The van der Waals surface area contributed by atoms with E-state index >= 15 is 0 Å². The summed E-state index contributed by atoms with van der Waals surface area (Å²) in [5, 5.41) is 4.10. The van der Waals surface area contributed by atoms with Crippen molar-refractivity contribution in [2.75, 3.05) is 19.4 Å². The third kappa shape index (κ3) is 4.02. The Bertz CT molecular complexity index is 1180. The first-order valence-electron chi connectivity index (χ1n) is 8.90. The van der Waals surface area contributed by atoms with Gasteiger partial charge in [-0.25, -0.2) is 4.98 Å². The molecule has 8 heteroatoms. The Hall–Kier alpha value is -3.52. The molecule has 2 amide bonds. The molecule has 0 saturated heterocycles. The number of carbonyl (C=O) groups is 2. The summed E-state index contributed by atoms with van der Waals surface area (Å²) in [6, 6.07) is 11.0. The summed E-state index contributed by atoms with van der Waals surface area (Å²) in [4.78, 5) is 35.5. The first-order valence-corrected chi connectivity index (χ1v) is 9.72. The molecule has 0 spiro atoms. The second-order valence-corrected chi connectivity index (χ2v) is 7.77. The van der Waals surface area contributed by atoms with Gasteiger partial charge in [0.2, 0.25) is 0 Å². The normalized spacial score (nSPS) is 10.8. The standard InChI is InChI=1S/C21H18N4O3S/c1-25(2)20(27)17-8-7-13(10-22-17)9-14-11-23-21(29-14)24-19(26)16-12-28-18-6-4-3-5-15(16)18/h3-8,10-12H,9H2,1-2H3,(H,23,24,26). The highest BCUT2D eigenvalue weighted by molar-refractivity contribution is 7.15. The van der Waals surface area contributed by atoms with Gasteiger partial charge in [0, 0.05) is 43.2 Å². The van der Waals surface area contributed by atoms with Gasteiger partial charge in [-0.3, -0.25) is 19.9 Å². The predicted molar refractivity (Wildman–Crippen MR) is 111 cm³/mol. The number of amides is 2. The van der Waals surface area contributed by atoms with E-state index in [0.717, 1.165) is 15.8 Å². The van der Waals surface area contributed by atoms with E-state index in [4.69, 9.17) is 4.42 Å². The van der Waals surface area contributed by atoms with Crippen LogP contribution >= 0.6 is 11.3 Å². The number of para-hydroxylation sites is 1. The van der Waals surface area contributed by atoms with Gasteiger partial charge in [0.05, 0.1) is 5.56 Å². The van der Waals surface area contributed by atoms with Crippen molar-refractivity contribution >= 4 is 39.3 Å². The minimum Gasteiger partial charge on any atom is -0.463 e. The monoisotopic (exact) mass is 406 g/mol. The third-order valence-electron chi connectivity index (χ3n) is 4.33. The van der Waals surface area contributed by atoms with E-state index in [9.17, 15) is 9.59 Å². The van der Waals surface area contributed by atoms with E-state index in [-0.39, 0.29) is 11.8 Å². The second kappa shape index (κ2) is 7.84. The third-order valence-corrected chi connectivity index (χ3v) is 5.24. The van der Waals surface area contributed by atoms with Crippen LogP contribution in [0.3, 0.4) is 0 Å².